The maximum absolute atomic E-state index is 12.5. The maximum Gasteiger partial charge on any atom is 0.253 e. The molecule has 0 heterocycles. The van der Waals surface area contributed by atoms with Crippen LogP contribution in [0.4, 0.5) is 0 Å². The summed E-state index contributed by atoms with van der Waals surface area (Å²) in [6, 6.07) is 9.16. The number of allylic oxidation sites excluding steroid dienone is 3. The molecule has 1 aliphatic carbocycles. The number of aliphatic hydroxyl groups is 1. The van der Waals surface area contributed by atoms with E-state index in [1.54, 1.807) is 30.2 Å². The second kappa shape index (κ2) is 8.00. The smallest absolute Gasteiger partial charge is 0.253 e. The second-order valence-corrected chi connectivity index (χ2v) is 7.34. The Balaban J connectivity index is 2.09. The molecule has 23 heavy (non-hydrogen) atoms. The Morgan fingerprint density at radius 3 is 2.65 bits per heavy atom. The fourth-order valence-corrected chi connectivity index (χ4v) is 3.20. The van der Waals surface area contributed by atoms with Gasteiger partial charge in [0.15, 0.2) is 0 Å². The Morgan fingerprint density at radius 2 is 2.04 bits per heavy atom. The Hall–Kier alpha value is -1.29. The number of carbonyl (C=O) groups is 1. The highest BCUT2D eigenvalue weighted by Gasteiger charge is 2.29. The first-order valence-electron chi connectivity index (χ1n) is 7.60. The van der Waals surface area contributed by atoms with E-state index < -0.39 is 4.33 Å². The zero-order valence-electron chi connectivity index (χ0n) is 13.1. The molecule has 0 unspecified atom stereocenters. The zero-order chi connectivity index (χ0) is 16.9. The topological polar surface area (TPSA) is 40.5 Å². The van der Waals surface area contributed by atoms with Crippen LogP contribution >= 0.6 is 23.2 Å². The van der Waals surface area contributed by atoms with Gasteiger partial charge in [-0.1, -0.05) is 59.1 Å². The van der Waals surface area contributed by atoms with Crippen LogP contribution in [0, 0.1) is 5.92 Å². The second-order valence-electron chi connectivity index (χ2n) is 5.80. The first kappa shape index (κ1) is 18.1. The molecule has 0 aliphatic heterocycles. The molecule has 0 spiro atoms. The van der Waals surface area contributed by atoms with E-state index in [1.165, 1.54) is 0 Å². The van der Waals surface area contributed by atoms with E-state index >= 15 is 0 Å². The summed E-state index contributed by atoms with van der Waals surface area (Å²) in [6.07, 6.45) is 6.63. The number of hydrogen-bond donors (Lipinski definition) is 1. The van der Waals surface area contributed by atoms with E-state index in [0.29, 0.717) is 24.9 Å². The van der Waals surface area contributed by atoms with Crippen LogP contribution in [0.2, 0.25) is 0 Å². The third kappa shape index (κ3) is 5.10. The molecule has 1 atom stereocenters. The molecule has 0 saturated carbocycles. The molecule has 1 amide bonds. The molecule has 0 radical (unpaired) electrons. The number of hydrogen-bond acceptors (Lipinski definition) is 2. The monoisotopic (exact) mass is 353 g/mol. The van der Waals surface area contributed by atoms with Crippen LogP contribution in [0.15, 0.2) is 54.1 Å². The molecule has 0 bridgehead atoms. The number of rotatable bonds is 6. The minimum Gasteiger partial charge on any atom is -0.396 e. The van der Waals surface area contributed by atoms with Gasteiger partial charge in [0.05, 0.1) is 0 Å². The van der Waals surface area contributed by atoms with Crippen LogP contribution in [-0.4, -0.2) is 40.4 Å². The van der Waals surface area contributed by atoms with E-state index in [1.807, 2.05) is 30.4 Å². The molecule has 2 rings (SSSR count). The summed E-state index contributed by atoms with van der Waals surface area (Å²) in [5, 5.41) is 9.35. The summed E-state index contributed by atoms with van der Waals surface area (Å²) in [6.45, 7) is 0.564. The van der Waals surface area contributed by atoms with Crippen molar-refractivity contribution in [2.24, 2.45) is 5.92 Å². The largest absolute Gasteiger partial charge is 0.396 e. The predicted octanol–water partition coefficient (Wildman–Crippen LogP) is 3.82. The summed E-state index contributed by atoms with van der Waals surface area (Å²) >= 11 is 12.4. The summed E-state index contributed by atoms with van der Waals surface area (Å²) < 4.78 is -0.917. The summed E-state index contributed by atoms with van der Waals surface area (Å²) in [5.41, 5.74) is 1.71. The number of carbonyl (C=O) groups excluding carboxylic acids is 1. The van der Waals surface area contributed by atoms with Crippen molar-refractivity contribution in [1.82, 2.24) is 4.90 Å². The zero-order valence-corrected chi connectivity index (χ0v) is 14.6. The van der Waals surface area contributed by atoms with E-state index in [0.717, 1.165) is 5.57 Å². The average molecular weight is 354 g/mol. The number of aliphatic hydroxyl groups excluding tert-OH is 1. The lowest BCUT2D eigenvalue weighted by Gasteiger charge is -2.30. The molecule has 5 heteroatoms. The number of alkyl halides is 2. The molecule has 0 saturated heterocycles. The molecule has 1 aromatic carbocycles. The highest BCUT2D eigenvalue weighted by Crippen LogP contribution is 2.37. The fraction of sp³-hybridized carbons (Fsp3) is 0.389. The van der Waals surface area contributed by atoms with Gasteiger partial charge in [0.1, 0.15) is 4.33 Å². The van der Waals surface area contributed by atoms with Crippen molar-refractivity contribution in [1.29, 1.82) is 0 Å². The fourth-order valence-electron chi connectivity index (χ4n) is 2.75. The van der Waals surface area contributed by atoms with Gasteiger partial charge in [0, 0.05) is 38.1 Å². The molecule has 3 nitrogen and oxygen atoms in total. The average Bonchev–Trinajstić information content (AvgIpc) is 2.53. The quantitative estimate of drug-likeness (QED) is 0.789. The van der Waals surface area contributed by atoms with Gasteiger partial charge in [-0.25, -0.2) is 0 Å². The van der Waals surface area contributed by atoms with Gasteiger partial charge in [0.25, 0.3) is 5.91 Å². The lowest BCUT2D eigenvalue weighted by molar-refractivity contribution is 0.0771. The maximum atomic E-state index is 12.5. The van der Waals surface area contributed by atoms with Crippen LogP contribution in [0.5, 0.6) is 0 Å². The SMILES string of the molecule is CN(C[C@@H](CCO)C1=CC=CC(Cl)(Cl)C1)C(=O)c1ccccc1. The lowest BCUT2D eigenvalue weighted by Crippen LogP contribution is -2.34. The van der Waals surface area contributed by atoms with Crippen LogP contribution in [0.25, 0.3) is 0 Å². The number of amides is 1. The van der Waals surface area contributed by atoms with Gasteiger partial charge < -0.3 is 10.0 Å². The van der Waals surface area contributed by atoms with Crippen molar-refractivity contribution in [2.45, 2.75) is 17.2 Å². The Labute approximate surface area is 147 Å². The first-order valence-corrected chi connectivity index (χ1v) is 8.36. The highest BCUT2D eigenvalue weighted by atomic mass is 35.5. The molecular formula is C18H21Cl2NO2. The standard InChI is InChI=1S/C18H21Cl2NO2/c1-21(17(23)14-6-3-2-4-7-14)13-16(9-11-22)15-8-5-10-18(19,20)12-15/h2-8,10,16,22H,9,11-13H2,1H3/t16-/m1/s1. The van der Waals surface area contributed by atoms with Crippen LogP contribution in [0.1, 0.15) is 23.2 Å². The molecular weight excluding hydrogens is 333 g/mol. The first-order chi connectivity index (χ1) is 10.9. The van der Waals surface area contributed by atoms with Crippen molar-refractivity contribution in [3.8, 4) is 0 Å². The molecule has 1 aromatic rings. The van der Waals surface area contributed by atoms with Gasteiger partial charge in [-0.15, -0.1) is 0 Å². The van der Waals surface area contributed by atoms with Gasteiger partial charge in [0.2, 0.25) is 0 Å². The molecule has 124 valence electrons. The van der Waals surface area contributed by atoms with Crippen molar-refractivity contribution >= 4 is 29.1 Å². The Bertz CT molecular complexity index is 596. The summed E-state index contributed by atoms with van der Waals surface area (Å²) in [5.74, 6) is -0.0111. The van der Waals surface area contributed by atoms with E-state index in [-0.39, 0.29) is 18.4 Å². The van der Waals surface area contributed by atoms with Gasteiger partial charge in [-0.3, -0.25) is 4.79 Å². The van der Waals surface area contributed by atoms with Gasteiger partial charge in [-0.05, 0) is 24.6 Å². The summed E-state index contributed by atoms with van der Waals surface area (Å²) in [7, 11) is 1.77. The van der Waals surface area contributed by atoms with E-state index in [4.69, 9.17) is 23.2 Å². The minimum atomic E-state index is -0.917. The predicted molar refractivity (Wildman–Crippen MR) is 94.9 cm³/mol. The van der Waals surface area contributed by atoms with Crippen molar-refractivity contribution in [2.75, 3.05) is 20.2 Å². The van der Waals surface area contributed by atoms with Crippen molar-refractivity contribution < 1.29 is 9.90 Å². The number of nitrogens with zero attached hydrogens (tertiary/aromatic N) is 1. The minimum absolute atomic E-state index is 0.0273. The van der Waals surface area contributed by atoms with E-state index in [2.05, 4.69) is 0 Å². The Kier molecular flexibility index (Phi) is 6.28. The third-order valence-corrected chi connectivity index (χ3v) is 4.47. The molecule has 0 fully saturated rings. The van der Waals surface area contributed by atoms with Gasteiger partial charge >= 0.3 is 0 Å². The van der Waals surface area contributed by atoms with E-state index in [9.17, 15) is 9.90 Å². The third-order valence-electron chi connectivity index (χ3n) is 3.95. The van der Waals surface area contributed by atoms with Crippen molar-refractivity contribution in [3.05, 3.63) is 59.7 Å². The number of halogens is 2. The number of benzene rings is 1. The van der Waals surface area contributed by atoms with Crippen LogP contribution in [-0.2, 0) is 0 Å². The highest BCUT2D eigenvalue weighted by molar-refractivity contribution is 6.50. The summed E-state index contributed by atoms with van der Waals surface area (Å²) in [4.78, 5) is 14.2. The van der Waals surface area contributed by atoms with Gasteiger partial charge in [-0.2, -0.15) is 0 Å². The van der Waals surface area contributed by atoms with Crippen molar-refractivity contribution in [3.63, 3.8) is 0 Å². The lowest BCUT2D eigenvalue weighted by atomic mass is 9.88. The normalized spacial score (nSPS) is 17.5. The molecule has 1 aliphatic rings. The Morgan fingerprint density at radius 1 is 1.35 bits per heavy atom. The van der Waals surface area contributed by atoms with Crippen LogP contribution in [0.3, 0.4) is 0 Å². The molecule has 0 aromatic heterocycles. The van der Waals surface area contributed by atoms with Crippen LogP contribution < -0.4 is 0 Å². The molecule has 1 N–H and O–H groups in total.